The van der Waals surface area contributed by atoms with Crippen molar-refractivity contribution in [2.45, 2.75) is 0 Å². The highest BCUT2D eigenvalue weighted by Gasteiger charge is 2.32. The van der Waals surface area contributed by atoms with Crippen LogP contribution >= 0.6 is 0 Å². The normalized spacial score (nSPS) is 14.4. The molecule has 1 aliphatic rings. The molecular formula is C20H18FN5O3. The van der Waals surface area contributed by atoms with Crippen molar-refractivity contribution < 1.29 is 18.7 Å². The van der Waals surface area contributed by atoms with E-state index >= 15 is 0 Å². The zero-order chi connectivity index (χ0) is 20.5. The van der Waals surface area contributed by atoms with E-state index in [1.165, 1.54) is 24.1 Å². The van der Waals surface area contributed by atoms with E-state index in [2.05, 4.69) is 15.5 Å². The largest absolute Gasteiger partial charge is 0.378 e. The fourth-order valence-corrected chi connectivity index (χ4v) is 3.49. The molecule has 0 spiro atoms. The molecule has 0 bridgehead atoms. The SMILES string of the molecule is COCC1=C(C(N)=O)CNC(=O)N1c1ccc2[nH]ncc2c1-c1ccc(F)cc1. The van der Waals surface area contributed by atoms with Crippen LogP contribution in [0.2, 0.25) is 0 Å². The first-order valence-corrected chi connectivity index (χ1v) is 8.82. The van der Waals surface area contributed by atoms with E-state index in [9.17, 15) is 14.0 Å². The maximum absolute atomic E-state index is 13.5. The number of fused-ring (bicyclic) bond motifs is 1. The van der Waals surface area contributed by atoms with Crippen molar-refractivity contribution in [3.8, 4) is 11.1 Å². The van der Waals surface area contributed by atoms with Gasteiger partial charge in [0, 0.05) is 18.1 Å². The van der Waals surface area contributed by atoms with E-state index in [1.54, 1.807) is 30.5 Å². The first-order valence-electron chi connectivity index (χ1n) is 8.82. The highest BCUT2D eigenvalue weighted by molar-refractivity contribution is 6.10. The minimum absolute atomic E-state index is 0.0119. The Morgan fingerprint density at radius 2 is 2.03 bits per heavy atom. The molecule has 2 heterocycles. The molecule has 0 radical (unpaired) electrons. The van der Waals surface area contributed by atoms with Crippen molar-refractivity contribution in [2.24, 2.45) is 5.73 Å². The standard InChI is InChI=1S/C20H18FN5O3/c1-29-10-17-14(19(22)27)8-23-20(28)26(17)16-7-6-15-13(9-24-25-15)18(16)11-2-4-12(21)5-3-11/h2-7,9H,8,10H2,1H3,(H2,22,27)(H,23,28)(H,24,25). The molecule has 4 N–H and O–H groups in total. The smallest absolute Gasteiger partial charge is 0.326 e. The summed E-state index contributed by atoms with van der Waals surface area (Å²) >= 11 is 0. The maximum atomic E-state index is 13.5. The molecule has 1 aromatic heterocycles. The molecular weight excluding hydrogens is 377 g/mol. The lowest BCUT2D eigenvalue weighted by Gasteiger charge is -2.33. The summed E-state index contributed by atoms with van der Waals surface area (Å²) in [5.74, 6) is -1.02. The number of urea groups is 1. The number of benzene rings is 2. The van der Waals surface area contributed by atoms with Gasteiger partial charge < -0.3 is 15.8 Å². The number of nitrogens with zero attached hydrogens (tertiary/aromatic N) is 2. The molecule has 1 aliphatic heterocycles. The van der Waals surface area contributed by atoms with Crippen molar-refractivity contribution in [2.75, 3.05) is 25.2 Å². The first-order chi connectivity index (χ1) is 14.0. The lowest BCUT2D eigenvalue weighted by atomic mass is 9.98. The number of methoxy groups -OCH3 is 1. The predicted molar refractivity (Wildman–Crippen MR) is 105 cm³/mol. The number of ether oxygens (including phenoxy) is 1. The molecule has 0 fully saturated rings. The Morgan fingerprint density at radius 1 is 1.28 bits per heavy atom. The van der Waals surface area contributed by atoms with E-state index in [0.717, 1.165) is 10.9 Å². The number of hydrogen-bond donors (Lipinski definition) is 3. The number of hydrogen-bond acceptors (Lipinski definition) is 4. The van der Waals surface area contributed by atoms with Crippen molar-refractivity contribution in [1.29, 1.82) is 0 Å². The lowest BCUT2D eigenvalue weighted by Crippen LogP contribution is -2.49. The average molecular weight is 395 g/mol. The van der Waals surface area contributed by atoms with Crippen LogP contribution < -0.4 is 16.0 Å². The number of anilines is 1. The third-order valence-electron chi connectivity index (χ3n) is 4.79. The molecule has 0 saturated heterocycles. The van der Waals surface area contributed by atoms with Gasteiger partial charge in [0.05, 0.1) is 41.8 Å². The number of nitrogens with one attached hydrogen (secondary N) is 2. The number of rotatable bonds is 5. The molecule has 0 atom stereocenters. The number of carbonyl (C=O) groups excluding carboxylic acids is 2. The fraction of sp³-hybridized carbons (Fsp3) is 0.150. The van der Waals surface area contributed by atoms with Gasteiger partial charge in [-0.2, -0.15) is 5.10 Å². The third-order valence-corrected chi connectivity index (χ3v) is 4.79. The summed E-state index contributed by atoms with van der Waals surface area (Å²) in [4.78, 5) is 26.2. The van der Waals surface area contributed by atoms with Crippen LogP contribution in [0.1, 0.15) is 0 Å². The lowest BCUT2D eigenvalue weighted by molar-refractivity contribution is -0.114. The van der Waals surface area contributed by atoms with Gasteiger partial charge in [-0.3, -0.25) is 14.8 Å². The minimum atomic E-state index is -0.644. The van der Waals surface area contributed by atoms with Crippen LogP contribution in [0, 0.1) is 5.82 Å². The van der Waals surface area contributed by atoms with Crippen LogP contribution in [-0.4, -0.2) is 42.4 Å². The van der Waals surface area contributed by atoms with Crippen molar-refractivity contribution in [3.63, 3.8) is 0 Å². The van der Waals surface area contributed by atoms with E-state index in [4.69, 9.17) is 10.5 Å². The molecule has 3 aromatic rings. The van der Waals surface area contributed by atoms with Crippen LogP contribution in [-0.2, 0) is 9.53 Å². The minimum Gasteiger partial charge on any atom is -0.378 e. The van der Waals surface area contributed by atoms with Crippen LogP contribution in [0.15, 0.2) is 53.9 Å². The summed E-state index contributed by atoms with van der Waals surface area (Å²) < 4.78 is 18.7. The van der Waals surface area contributed by atoms with Gasteiger partial charge in [0.1, 0.15) is 5.82 Å². The molecule has 4 rings (SSSR count). The molecule has 148 valence electrons. The van der Waals surface area contributed by atoms with Gasteiger partial charge in [-0.1, -0.05) is 12.1 Å². The van der Waals surface area contributed by atoms with E-state index in [-0.39, 0.29) is 24.5 Å². The van der Waals surface area contributed by atoms with Crippen molar-refractivity contribution >= 4 is 28.5 Å². The molecule has 0 saturated carbocycles. The second kappa shape index (κ2) is 7.36. The number of carbonyl (C=O) groups is 2. The molecule has 29 heavy (non-hydrogen) atoms. The van der Waals surface area contributed by atoms with Gasteiger partial charge in [-0.25, -0.2) is 9.18 Å². The van der Waals surface area contributed by atoms with Gasteiger partial charge >= 0.3 is 6.03 Å². The fourth-order valence-electron chi connectivity index (χ4n) is 3.49. The summed E-state index contributed by atoms with van der Waals surface area (Å²) in [5, 5.41) is 10.4. The van der Waals surface area contributed by atoms with E-state index in [0.29, 0.717) is 22.5 Å². The van der Waals surface area contributed by atoms with E-state index < -0.39 is 11.9 Å². The van der Waals surface area contributed by atoms with Gasteiger partial charge in [-0.15, -0.1) is 0 Å². The Bertz CT molecular complexity index is 1140. The first kappa shape index (κ1) is 18.6. The topological polar surface area (TPSA) is 113 Å². The summed E-state index contributed by atoms with van der Waals surface area (Å²) in [6.07, 6.45) is 1.63. The summed E-state index contributed by atoms with van der Waals surface area (Å²) in [6, 6.07) is 9.02. The number of primary amides is 1. The van der Waals surface area contributed by atoms with Crippen LogP contribution in [0.3, 0.4) is 0 Å². The van der Waals surface area contributed by atoms with Gasteiger partial charge in [0.25, 0.3) is 0 Å². The average Bonchev–Trinajstić information content (AvgIpc) is 3.17. The maximum Gasteiger partial charge on any atom is 0.326 e. The van der Waals surface area contributed by atoms with Gasteiger partial charge in [-0.05, 0) is 29.8 Å². The zero-order valence-electron chi connectivity index (χ0n) is 15.5. The second-order valence-corrected chi connectivity index (χ2v) is 6.51. The molecule has 0 aliphatic carbocycles. The quantitative estimate of drug-likeness (QED) is 0.615. The number of amides is 3. The third kappa shape index (κ3) is 3.21. The highest BCUT2D eigenvalue weighted by Crippen LogP contribution is 2.39. The zero-order valence-corrected chi connectivity index (χ0v) is 15.5. The Hall–Kier alpha value is -3.72. The Balaban J connectivity index is 2.00. The molecule has 2 aromatic carbocycles. The second-order valence-electron chi connectivity index (χ2n) is 6.51. The van der Waals surface area contributed by atoms with Crippen molar-refractivity contribution in [3.05, 3.63) is 59.7 Å². The predicted octanol–water partition coefficient (Wildman–Crippen LogP) is 2.28. The Labute approximate surface area is 165 Å². The molecule has 0 unspecified atom stereocenters. The number of aromatic nitrogens is 2. The van der Waals surface area contributed by atoms with Crippen LogP contribution in [0.5, 0.6) is 0 Å². The monoisotopic (exact) mass is 395 g/mol. The highest BCUT2D eigenvalue weighted by atomic mass is 19.1. The van der Waals surface area contributed by atoms with Gasteiger partial charge in [0.15, 0.2) is 0 Å². The number of H-pyrrole nitrogens is 1. The summed E-state index contributed by atoms with van der Waals surface area (Å²) in [5.41, 5.74) is 8.72. The summed E-state index contributed by atoms with van der Waals surface area (Å²) in [7, 11) is 1.47. The molecule has 3 amide bonds. The van der Waals surface area contributed by atoms with Gasteiger partial charge in [0.2, 0.25) is 5.91 Å². The molecule has 9 heteroatoms. The van der Waals surface area contributed by atoms with Crippen LogP contribution in [0.4, 0.5) is 14.9 Å². The van der Waals surface area contributed by atoms with Crippen molar-refractivity contribution in [1.82, 2.24) is 15.5 Å². The number of halogens is 1. The number of nitrogens with two attached hydrogens (primary N) is 1. The van der Waals surface area contributed by atoms with E-state index in [1.807, 2.05) is 0 Å². The Morgan fingerprint density at radius 3 is 2.72 bits per heavy atom. The molecule has 8 nitrogen and oxygen atoms in total. The van der Waals surface area contributed by atoms with Crippen LogP contribution in [0.25, 0.3) is 22.0 Å². The number of aromatic amines is 1. The Kier molecular flexibility index (Phi) is 4.73. The summed E-state index contributed by atoms with van der Waals surface area (Å²) in [6.45, 7) is 0.0289.